The lowest BCUT2D eigenvalue weighted by Gasteiger charge is -2.16. The molecule has 17 nitrogen and oxygen atoms in total. The van der Waals surface area contributed by atoms with E-state index in [0.29, 0.717) is 17.2 Å². The smallest absolute Gasteiger partial charge is 0.457 e. The summed E-state index contributed by atoms with van der Waals surface area (Å²) in [7, 11) is -7.52. The molecule has 0 amide bonds. The van der Waals surface area contributed by atoms with E-state index in [1.807, 2.05) is 98.8 Å². The number of rotatable bonds is 12. The molecule has 5 aromatic carbocycles. The number of ether oxygens (including phenoxy) is 3. The van der Waals surface area contributed by atoms with E-state index in [1.165, 1.54) is 48.5 Å². The highest BCUT2D eigenvalue weighted by atomic mass is 32.2. The summed E-state index contributed by atoms with van der Waals surface area (Å²) in [5.74, 6) is 0.122. The number of aromatic nitrogens is 2. The fourth-order valence-corrected chi connectivity index (χ4v) is 10.0. The van der Waals surface area contributed by atoms with Crippen LogP contribution in [-0.2, 0) is 34.1 Å². The molecule has 0 radical (unpaired) electrons. The lowest BCUT2D eigenvalue weighted by Crippen LogP contribution is -2.24. The number of aryl methyl sites for hydroxylation is 2. The number of nitro benzene ring substituents is 1. The first kappa shape index (κ1) is 55.7. The lowest BCUT2D eigenvalue weighted by molar-refractivity contribution is -0.384. The first-order valence-corrected chi connectivity index (χ1v) is 27.9. The number of nitro groups is 1. The van der Waals surface area contributed by atoms with Gasteiger partial charge in [-0.15, -0.1) is 0 Å². The number of non-ortho nitro benzene ring substituents is 1. The van der Waals surface area contributed by atoms with Crippen molar-refractivity contribution in [2.75, 3.05) is 5.75 Å². The van der Waals surface area contributed by atoms with Gasteiger partial charge in [-0.1, -0.05) is 120 Å². The Morgan fingerprint density at radius 2 is 1.07 bits per heavy atom. The summed E-state index contributed by atoms with van der Waals surface area (Å²) in [6, 6.07) is 37.4. The van der Waals surface area contributed by atoms with Crippen molar-refractivity contribution >= 4 is 37.7 Å². The van der Waals surface area contributed by atoms with Crippen LogP contribution in [0.3, 0.4) is 0 Å². The van der Waals surface area contributed by atoms with Crippen molar-refractivity contribution in [2.24, 2.45) is 5.14 Å². The number of carbonyl (C=O) groups is 2. The number of hydrogen-bond acceptors (Lipinski definition) is 15. The van der Waals surface area contributed by atoms with E-state index < -0.39 is 42.7 Å². The van der Waals surface area contributed by atoms with Gasteiger partial charge in [-0.2, -0.15) is 0 Å². The number of nitrogens with zero attached hydrogens (tertiary/aromatic N) is 3. The maximum Gasteiger partial charge on any atom is 0.514 e. The molecular weight excluding hydrogens is 1010 g/mol. The molecule has 0 fully saturated rings. The van der Waals surface area contributed by atoms with Crippen molar-refractivity contribution in [1.29, 1.82) is 0 Å². The molecule has 7 aromatic rings. The van der Waals surface area contributed by atoms with Crippen molar-refractivity contribution in [3.05, 3.63) is 179 Å². The summed E-state index contributed by atoms with van der Waals surface area (Å²) < 4.78 is 74.7. The average Bonchev–Trinajstić information content (AvgIpc) is 3.98. The highest BCUT2D eigenvalue weighted by Gasteiger charge is 2.25. The van der Waals surface area contributed by atoms with Gasteiger partial charge < -0.3 is 23.3 Å². The van der Waals surface area contributed by atoms with Gasteiger partial charge in [0.1, 0.15) is 40.9 Å². The summed E-state index contributed by atoms with van der Waals surface area (Å²) in [6.07, 6.45) is 16.3. The molecule has 2 heterocycles. The predicted molar refractivity (Wildman–Crippen MR) is 286 cm³/mol. The highest BCUT2D eigenvalue weighted by molar-refractivity contribution is 7.92. The third-order valence-corrected chi connectivity index (χ3v) is 14.8. The minimum atomic E-state index is -3.82. The van der Waals surface area contributed by atoms with Gasteiger partial charge >= 0.3 is 12.1 Å². The minimum Gasteiger partial charge on any atom is -0.457 e. The Kier molecular flexibility index (Phi) is 19.4. The van der Waals surface area contributed by atoms with Gasteiger partial charge in [0.15, 0.2) is 15.6 Å². The van der Waals surface area contributed by atoms with Crippen LogP contribution >= 0.6 is 0 Å². The Labute approximate surface area is 441 Å². The largest absolute Gasteiger partial charge is 0.514 e. The molecule has 76 heavy (non-hydrogen) atoms. The molecule has 0 saturated heterocycles. The SMILES string of the molecule is Cc1onc(-c2ccccc2)c1-c1ccc(S(=O)(=O)CC(=O)OC2/C=C/CCCCC2)cc1.Cc1onc(-c2ccccc2)c1-c1ccc(S(N)(=O)=O)cc1.O=C(Oc1ccc([N+](=O)[O-])cc1)OC1/C=C/CCCCC1. The molecule has 9 rings (SSSR count). The second-order valence-corrected chi connectivity index (χ2v) is 21.5. The van der Waals surface area contributed by atoms with Crippen molar-refractivity contribution in [3.63, 3.8) is 0 Å². The number of allylic oxidation sites excluding steroid dienone is 2. The molecule has 2 atom stereocenters. The van der Waals surface area contributed by atoms with Gasteiger partial charge in [0.2, 0.25) is 10.0 Å². The van der Waals surface area contributed by atoms with Crippen molar-refractivity contribution in [3.8, 4) is 50.5 Å². The number of hydrogen-bond donors (Lipinski definition) is 1. The third-order valence-electron chi connectivity index (χ3n) is 12.3. The molecule has 2 aromatic heterocycles. The first-order chi connectivity index (χ1) is 36.6. The lowest BCUT2D eigenvalue weighted by atomic mass is 10.00. The van der Waals surface area contributed by atoms with Crippen LogP contribution in [-0.4, -0.2) is 62.2 Å². The average molecular weight is 1070 g/mol. The zero-order chi connectivity index (χ0) is 54.1. The van der Waals surface area contributed by atoms with E-state index in [-0.39, 0.29) is 33.4 Å². The maximum atomic E-state index is 12.8. The van der Waals surface area contributed by atoms with Crippen molar-refractivity contribution < 1.29 is 54.6 Å². The topological polar surface area (TPSA) is 251 Å². The van der Waals surface area contributed by atoms with E-state index >= 15 is 0 Å². The number of sulfonamides is 1. The second-order valence-electron chi connectivity index (χ2n) is 17.9. The van der Waals surface area contributed by atoms with E-state index in [4.69, 9.17) is 28.4 Å². The highest BCUT2D eigenvalue weighted by Crippen LogP contribution is 2.36. The van der Waals surface area contributed by atoms with Crippen LogP contribution in [0.5, 0.6) is 5.75 Å². The quantitative estimate of drug-likeness (QED) is 0.0392. The Balaban J connectivity index is 0.000000172. The Hall–Kier alpha value is -8.00. The van der Waals surface area contributed by atoms with Gasteiger partial charge in [-0.25, -0.2) is 26.8 Å². The molecule has 0 bridgehead atoms. The summed E-state index contributed by atoms with van der Waals surface area (Å²) in [5, 5.41) is 23.9. The van der Waals surface area contributed by atoms with Gasteiger partial charge in [-0.3, -0.25) is 14.9 Å². The molecule has 396 valence electrons. The van der Waals surface area contributed by atoms with Crippen LogP contribution in [0, 0.1) is 24.0 Å². The normalized spacial score (nSPS) is 16.5. The van der Waals surface area contributed by atoms with Crippen molar-refractivity contribution in [1.82, 2.24) is 10.3 Å². The third kappa shape index (κ3) is 15.8. The van der Waals surface area contributed by atoms with Crippen LogP contribution in [0.4, 0.5) is 10.5 Å². The number of carbonyl (C=O) groups excluding carboxylic acids is 2. The first-order valence-electron chi connectivity index (χ1n) is 24.7. The van der Waals surface area contributed by atoms with E-state index in [2.05, 4.69) is 10.3 Å². The zero-order valence-electron chi connectivity index (χ0n) is 42.0. The van der Waals surface area contributed by atoms with Crippen LogP contribution in [0.2, 0.25) is 0 Å². The summed E-state index contributed by atoms with van der Waals surface area (Å²) in [6.45, 7) is 3.64. The van der Waals surface area contributed by atoms with E-state index in [1.54, 1.807) is 24.3 Å². The molecule has 2 unspecified atom stereocenters. The van der Waals surface area contributed by atoms with Crippen LogP contribution in [0.25, 0.3) is 44.8 Å². The zero-order valence-corrected chi connectivity index (χ0v) is 43.6. The molecule has 2 aliphatic rings. The molecule has 19 heteroatoms. The van der Waals surface area contributed by atoms with Gasteiger partial charge in [-0.05, 0) is 125 Å². The van der Waals surface area contributed by atoms with Gasteiger partial charge in [0.05, 0.1) is 25.8 Å². The number of benzene rings is 5. The van der Waals surface area contributed by atoms with Gasteiger partial charge in [0.25, 0.3) is 5.69 Å². The van der Waals surface area contributed by atoms with E-state index in [0.717, 1.165) is 103 Å². The van der Waals surface area contributed by atoms with Crippen LogP contribution < -0.4 is 9.88 Å². The summed E-state index contributed by atoms with van der Waals surface area (Å²) >= 11 is 0. The monoisotopic (exact) mass is 1070 g/mol. The number of esters is 1. The minimum absolute atomic E-state index is 0.0568. The fourth-order valence-electron chi connectivity index (χ4n) is 8.43. The molecule has 0 spiro atoms. The van der Waals surface area contributed by atoms with Crippen molar-refractivity contribution in [2.45, 2.75) is 100 Å². The molecule has 2 aliphatic carbocycles. The summed E-state index contributed by atoms with van der Waals surface area (Å²) in [5.41, 5.74) is 6.46. The van der Waals surface area contributed by atoms with Gasteiger partial charge in [0, 0.05) is 23.3 Å². The Morgan fingerprint density at radius 3 is 1.53 bits per heavy atom. The Morgan fingerprint density at radius 1 is 0.605 bits per heavy atom. The van der Waals surface area contributed by atoms with Crippen LogP contribution in [0.1, 0.15) is 75.7 Å². The number of primary sulfonamides is 1. The fraction of sp³-hybridized carbons (Fsp3) is 0.263. The second kappa shape index (κ2) is 26.5. The standard InChI is InChI=1S/C26H27NO5S.C16H14N2O3S.C15H17NO5/c1-19-25(26(27-32-19)21-10-6-5-7-11-21)20-14-16-23(17-15-20)33(29,30)18-24(28)31-22-12-8-3-2-4-9-13-22;1-11-15(12-7-9-14(10-8-12)22(17,19)20)16(18-21-11)13-5-3-2-4-6-13;17-15(20-13-6-4-2-1-3-5-7-13)21-14-10-8-12(9-11-14)16(18)19/h5-8,10-12,14-17,22H,2-4,9,13,18H2,1H3;2-10H,1H3,(H2,17,19,20);4,6,8-11,13H,1-3,5,7H2/b12-8+;;6-4+. The molecule has 2 N–H and O–H groups in total. The molecular formula is C57H58N4O13S2. The Bertz CT molecular complexity index is 3340. The number of nitrogens with two attached hydrogens (primary N) is 1. The molecule has 0 saturated carbocycles. The predicted octanol–water partition coefficient (Wildman–Crippen LogP) is 12.5. The van der Waals surface area contributed by atoms with E-state index in [9.17, 15) is 36.5 Å². The number of sulfone groups is 1. The summed E-state index contributed by atoms with van der Waals surface area (Å²) in [4.78, 5) is 34.2. The molecule has 0 aliphatic heterocycles. The maximum absolute atomic E-state index is 12.8. The van der Waals surface area contributed by atoms with Crippen LogP contribution in [0.15, 0.2) is 177 Å².